The van der Waals surface area contributed by atoms with E-state index in [1.165, 1.54) is 4.90 Å². The number of carbonyl (C=O) groups is 2. The lowest BCUT2D eigenvalue weighted by Crippen LogP contribution is -2.61. The third-order valence-electron chi connectivity index (χ3n) is 6.55. The first-order chi connectivity index (χ1) is 13.5. The van der Waals surface area contributed by atoms with Crippen molar-refractivity contribution in [3.63, 3.8) is 0 Å². The highest BCUT2D eigenvalue weighted by molar-refractivity contribution is 6.80. The van der Waals surface area contributed by atoms with E-state index in [4.69, 9.17) is 0 Å². The van der Waals surface area contributed by atoms with Gasteiger partial charge < -0.3 is 4.57 Å². The fourth-order valence-electron chi connectivity index (χ4n) is 4.75. The summed E-state index contributed by atoms with van der Waals surface area (Å²) in [4.78, 5) is 29.2. The van der Waals surface area contributed by atoms with E-state index in [1.54, 1.807) is 0 Å². The summed E-state index contributed by atoms with van der Waals surface area (Å²) in [5.74, 6) is -0.121. The van der Waals surface area contributed by atoms with Gasteiger partial charge in [0.05, 0.1) is 5.69 Å². The standard InChI is InChI=1S/C23H30N2O2Si/c1-5-23(19-15-11-9-12-16-19)21(26)24(20-17-13-10-14-18-20)22(27)25(23)28(6-2,7-3)8-4/h9-18H,5-8H2,1-4H3. The Balaban J connectivity index is 2.29. The fraction of sp³-hybridized carbons (Fsp3) is 0.391. The van der Waals surface area contributed by atoms with Crippen molar-refractivity contribution in [3.8, 4) is 0 Å². The quantitative estimate of drug-likeness (QED) is 0.442. The summed E-state index contributed by atoms with van der Waals surface area (Å²) in [5.41, 5.74) is 0.643. The average Bonchev–Trinajstić information content (AvgIpc) is 2.99. The van der Waals surface area contributed by atoms with Crippen molar-refractivity contribution in [3.05, 3.63) is 66.2 Å². The van der Waals surface area contributed by atoms with E-state index >= 15 is 0 Å². The summed E-state index contributed by atoms with van der Waals surface area (Å²) in [5, 5.41) is 0. The molecule has 4 nitrogen and oxygen atoms in total. The van der Waals surface area contributed by atoms with Crippen LogP contribution in [0.2, 0.25) is 18.1 Å². The smallest absolute Gasteiger partial charge is 0.324 e. The van der Waals surface area contributed by atoms with Crippen molar-refractivity contribution in [2.75, 3.05) is 4.90 Å². The monoisotopic (exact) mass is 394 g/mol. The number of benzene rings is 2. The Morgan fingerprint density at radius 2 is 1.29 bits per heavy atom. The zero-order chi connectivity index (χ0) is 20.4. The molecule has 0 spiro atoms. The third kappa shape index (κ3) is 2.80. The van der Waals surface area contributed by atoms with Crippen LogP contribution in [0.5, 0.6) is 0 Å². The molecule has 1 atom stereocenters. The minimum Gasteiger partial charge on any atom is -0.333 e. The normalized spacial score (nSPS) is 20.1. The SMILES string of the molecule is CCC1(c2ccccc2)C(=O)N(c2ccccc2)C(=O)N1[Si](CC)(CC)CC. The first kappa shape index (κ1) is 20.3. The zero-order valence-corrected chi connectivity index (χ0v) is 18.3. The van der Waals surface area contributed by atoms with Crippen molar-refractivity contribution in [2.24, 2.45) is 0 Å². The maximum Gasteiger partial charge on any atom is 0.324 e. The molecule has 0 bridgehead atoms. The molecule has 3 amide bonds. The van der Waals surface area contributed by atoms with Crippen LogP contribution in [-0.4, -0.2) is 24.7 Å². The van der Waals surface area contributed by atoms with Crippen LogP contribution >= 0.6 is 0 Å². The summed E-state index contributed by atoms with van der Waals surface area (Å²) in [6.45, 7) is 8.55. The van der Waals surface area contributed by atoms with Crippen molar-refractivity contribution >= 4 is 25.9 Å². The van der Waals surface area contributed by atoms with Gasteiger partial charge in [-0.05, 0) is 42.2 Å². The molecule has 1 aliphatic heterocycles. The Morgan fingerprint density at radius 1 is 0.786 bits per heavy atom. The summed E-state index contributed by atoms with van der Waals surface area (Å²) in [6, 6.07) is 21.9. The molecule has 0 aliphatic carbocycles. The topological polar surface area (TPSA) is 40.6 Å². The minimum absolute atomic E-state index is 0.121. The molecule has 0 aromatic heterocycles. The Kier molecular flexibility index (Phi) is 5.75. The number of hydrogen-bond donors (Lipinski definition) is 0. The van der Waals surface area contributed by atoms with E-state index in [0.717, 1.165) is 23.7 Å². The highest BCUT2D eigenvalue weighted by Crippen LogP contribution is 2.47. The first-order valence-corrected chi connectivity index (χ1v) is 12.9. The van der Waals surface area contributed by atoms with Gasteiger partial charge in [-0.25, -0.2) is 9.69 Å². The van der Waals surface area contributed by atoms with Crippen molar-refractivity contribution in [2.45, 2.75) is 57.8 Å². The van der Waals surface area contributed by atoms with E-state index in [-0.39, 0.29) is 11.9 Å². The second-order valence-corrected chi connectivity index (χ2v) is 12.5. The summed E-state index contributed by atoms with van der Waals surface area (Å²) in [7, 11) is -2.18. The number of urea groups is 1. The van der Waals surface area contributed by atoms with Gasteiger partial charge >= 0.3 is 6.03 Å². The van der Waals surface area contributed by atoms with Crippen LogP contribution < -0.4 is 4.90 Å². The average molecular weight is 395 g/mol. The predicted octanol–water partition coefficient (Wildman–Crippen LogP) is 5.77. The van der Waals surface area contributed by atoms with E-state index in [0.29, 0.717) is 12.1 Å². The molecule has 2 aromatic carbocycles. The van der Waals surface area contributed by atoms with E-state index in [9.17, 15) is 9.59 Å². The number of anilines is 1. The zero-order valence-electron chi connectivity index (χ0n) is 17.3. The van der Waals surface area contributed by atoms with Crippen LogP contribution in [0.25, 0.3) is 0 Å². The van der Waals surface area contributed by atoms with Gasteiger partial charge in [-0.15, -0.1) is 0 Å². The van der Waals surface area contributed by atoms with Gasteiger partial charge in [0, 0.05) is 0 Å². The second-order valence-electron chi connectivity index (χ2n) is 7.46. The third-order valence-corrected chi connectivity index (χ3v) is 12.0. The molecule has 0 radical (unpaired) electrons. The number of rotatable bonds is 7. The van der Waals surface area contributed by atoms with E-state index < -0.39 is 13.8 Å². The Hall–Kier alpha value is -2.40. The van der Waals surface area contributed by atoms with Gasteiger partial charge in [0.15, 0.2) is 8.24 Å². The molecule has 1 saturated heterocycles. The second kappa shape index (κ2) is 7.92. The maximum absolute atomic E-state index is 14.0. The molecular weight excluding hydrogens is 364 g/mol. The lowest BCUT2D eigenvalue weighted by Gasteiger charge is -2.47. The molecule has 1 unspecified atom stereocenters. The molecule has 1 aliphatic rings. The number of carbonyl (C=O) groups excluding carboxylic acids is 2. The summed E-state index contributed by atoms with van der Waals surface area (Å²) < 4.78 is 2.05. The van der Waals surface area contributed by atoms with Crippen LogP contribution in [-0.2, 0) is 10.3 Å². The molecule has 148 valence electrons. The summed E-state index contributed by atoms with van der Waals surface area (Å²) in [6.07, 6.45) is 0.569. The van der Waals surface area contributed by atoms with Gasteiger partial charge in [-0.2, -0.15) is 0 Å². The number of imide groups is 1. The highest BCUT2D eigenvalue weighted by atomic mass is 28.3. The molecule has 0 saturated carbocycles. The molecule has 1 heterocycles. The first-order valence-electron chi connectivity index (χ1n) is 10.3. The van der Waals surface area contributed by atoms with Crippen LogP contribution in [0.15, 0.2) is 60.7 Å². The van der Waals surface area contributed by atoms with E-state index in [1.807, 2.05) is 72.2 Å². The highest BCUT2D eigenvalue weighted by Gasteiger charge is 2.62. The van der Waals surface area contributed by atoms with Gasteiger partial charge in [0.1, 0.15) is 5.54 Å². The molecule has 28 heavy (non-hydrogen) atoms. The van der Waals surface area contributed by atoms with Crippen molar-refractivity contribution < 1.29 is 9.59 Å². The molecule has 1 fully saturated rings. The van der Waals surface area contributed by atoms with Crippen LogP contribution in [0.1, 0.15) is 39.7 Å². The summed E-state index contributed by atoms with van der Waals surface area (Å²) >= 11 is 0. The lowest BCUT2D eigenvalue weighted by molar-refractivity contribution is -0.124. The van der Waals surface area contributed by atoms with Gasteiger partial charge in [0.25, 0.3) is 5.91 Å². The number of hydrogen-bond acceptors (Lipinski definition) is 2. The van der Waals surface area contributed by atoms with Crippen molar-refractivity contribution in [1.29, 1.82) is 0 Å². The van der Waals surface area contributed by atoms with Crippen LogP contribution in [0.4, 0.5) is 10.5 Å². The van der Waals surface area contributed by atoms with Crippen LogP contribution in [0, 0.1) is 0 Å². The maximum atomic E-state index is 14.0. The largest absolute Gasteiger partial charge is 0.333 e. The molecule has 5 heteroatoms. The van der Waals surface area contributed by atoms with E-state index in [2.05, 4.69) is 20.8 Å². The number of para-hydroxylation sites is 1. The minimum atomic E-state index is -2.18. The lowest BCUT2D eigenvalue weighted by atomic mass is 9.87. The number of amides is 3. The molecule has 3 rings (SSSR count). The van der Waals surface area contributed by atoms with Gasteiger partial charge in [0.2, 0.25) is 0 Å². The molecule has 2 aromatic rings. The number of nitrogens with zero attached hydrogens (tertiary/aromatic N) is 2. The Labute approximate surface area is 169 Å². The fourth-order valence-corrected chi connectivity index (χ4v) is 8.89. The predicted molar refractivity (Wildman–Crippen MR) is 117 cm³/mol. The molecular formula is C23H30N2O2Si. The Bertz CT molecular complexity index is 828. The van der Waals surface area contributed by atoms with Crippen molar-refractivity contribution in [1.82, 2.24) is 4.57 Å². The molecule has 0 N–H and O–H groups in total. The van der Waals surface area contributed by atoms with Gasteiger partial charge in [-0.3, -0.25) is 4.79 Å². The van der Waals surface area contributed by atoms with Gasteiger partial charge in [-0.1, -0.05) is 76.2 Å². The Morgan fingerprint density at radius 3 is 1.75 bits per heavy atom. The van der Waals surface area contributed by atoms with Crippen LogP contribution in [0.3, 0.4) is 0 Å².